The van der Waals surface area contributed by atoms with Gasteiger partial charge in [-0.15, -0.1) is 0 Å². The smallest absolute Gasteiger partial charge is 0.143 e. The molecule has 1 heterocycles. The molecule has 1 aliphatic rings. The maximum absolute atomic E-state index is 6.93. The largest absolute Gasteiger partial charge is 0.455 e. The van der Waals surface area contributed by atoms with Gasteiger partial charge in [-0.25, -0.2) is 0 Å². The van der Waals surface area contributed by atoms with E-state index in [1.807, 2.05) is 0 Å². The average molecular weight is 806 g/mol. The Bertz CT molecular complexity index is 3490. The zero-order chi connectivity index (χ0) is 42.1. The molecular formula is C61H43NO. The van der Waals surface area contributed by atoms with E-state index in [-0.39, 0.29) is 5.41 Å². The van der Waals surface area contributed by atoms with Crippen LogP contribution in [0.3, 0.4) is 0 Å². The van der Waals surface area contributed by atoms with Gasteiger partial charge >= 0.3 is 0 Å². The van der Waals surface area contributed by atoms with Crippen molar-refractivity contribution in [3.63, 3.8) is 0 Å². The molecule has 0 bridgehead atoms. The van der Waals surface area contributed by atoms with E-state index in [4.69, 9.17) is 4.42 Å². The number of hydrogen-bond acceptors (Lipinski definition) is 2. The minimum absolute atomic E-state index is 0.116. The molecule has 0 unspecified atom stereocenters. The molecule has 298 valence electrons. The van der Waals surface area contributed by atoms with Crippen LogP contribution in [0.4, 0.5) is 17.1 Å². The highest BCUT2D eigenvalue weighted by molar-refractivity contribution is 6.22. The van der Waals surface area contributed by atoms with Crippen molar-refractivity contribution >= 4 is 49.8 Å². The van der Waals surface area contributed by atoms with Gasteiger partial charge < -0.3 is 9.32 Å². The molecule has 11 aromatic rings. The van der Waals surface area contributed by atoms with Crippen molar-refractivity contribution in [1.29, 1.82) is 0 Å². The molecule has 0 atom stereocenters. The Morgan fingerprint density at radius 3 is 1.52 bits per heavy atom. The highest BCUT2D eigenvalue weighted by Gasteiger charge is 2.35. The van der Waals surface area contributed by atoms with Crippen molar-refractivity contribution in [2.45, 2.75) is 19.3 Å². The van der Waals surface area contributed by atoms with Gasteiger partial charge in [0.2, 0.25) is 0 Å². The molecule has 2 heteroatoms. The molecule has 0 saturated carbocycles. The molecular weight excluding hydrogens is 763 g/mol. The van der Waals surface area contributed by atoms with Gasteiger partial charge in [0, 0.05) is 38.6 Å². The molecule has 12 rings (SSSR count). The highest BCUT2D eigenvalue weighted by atomic mass is 16.3. The maximum atomic E-state index is 6.93. The Balaban J connectivity index is 1.01. The Labute approximate surface area is 368 Å². The second-order valence-electron chi connectivity index (χ2n) is 17.3. The lowest BCUT2D eigenvalue weighted by Crippen LogP contribution is -2.16. The summed E-state index contributed by atoms with van der Waals surface area (Å²) in [4.78, 5) is 2.40. The predicted octanol–water partition coefficient (Wildman–Crippen LogP) is 17.2. The maximum Gasteiger partial charge on any atom is 0.143 e. The first-order chi connectivity index (χ1) is 31.0. The van der Waals surface area contributed by atoms with Gasteiger partial charge in [0.15, 0.2) is 0 Å². The number of furan rings is 1. The van der Waals surface area contributed by atoms with Gasteiger partial charge in [-0.3, -0.25) is 0 Å². The lowest BCUT2D eigenvalue weighted by Gasteiger charge is -2.28. The van der Waals surface area contributed by atoms with E-state index < -0.39 is 0 Å². The molecule has 0 amide bonds. The summed E-state index contributed by atoms with van der Waals surface area (Å²) in [6.45, 7) is 4.70. The summed E-state index contributed by atoms with van der Waals surface area (Å²) < 4.78 is 6.93. The van der Waals surface area contributed by atoms with Crippen LogP contribution < -0.4 is 4.90 Å². The van der Waals surface area contributed by atoms with Crippen molar-refractivity contribution in [2.75, 3.05) is 4.90 Å². The second-order valence-corrected chi connectivity index (χ2v) is 17.3. The fourth-order valence-corrected chi connectivity index (χ4v) is 10.1. The summed E-state index contributed by atoms with van der Waals surface area (Å²) in [5, 5.41) is 4.51. The van der Waals surface area contributed by atoms with Crippen molar-refractivity contribution in [3.8, 4) is 55.6 Å². The van der Waals surface area contributed by atoms with Crippen LogP contribution in [0.15, 0.2) is 229 Å². The average Bonchev–Trinajstić information content (AvgIpc) is 3.84. The van der Waals surface area contributed by atoms with Gasteiger partial charge in [-0.2, -0.15) is 0 Å². The monoisotopic (exact) mass is 805 g/mol. The molecule has 0 fully saturated rings. The van der Waals surface area contributed by atoms with E-state index in [1.54, 1.807) is 0 Å². The van der Waals surface area contributed by atoms with Crippen LogP contribution in [-0.2, 0) is 5.41 Å². The fourth-order valence-electron chi connectivity index (χ4n) is 10.1. The molecule has 0 radical (unpaired) electrons. The van der Waals surface area contributed by atoms with E-state index in [0.29, 0.717) is 0 Å². The third kappa shape index (κ3) is 6.09. The molecule has 0 saturated heterocycles. The lowest BCUT2D eigenvalue weighted by atomic mass is 9.82. The van der Waals surface area contributed by atoms with Crippen LogP contribution in [0.2, 0.25) is 0 Å². The first-order valence-corrected chi connectivity index (χ1v) is 21.8. The van der Waals surface area contributed by atoms with E-state index in [2.05, 4.69) is 243 Å². The SMILES string of the molecule is CC1(C)c2ccccc2-c2ccc(N(c3ccc(-c4ccccc4)cc3)c3ccc(-c4cc5c(oc6cc(-c7ccccc7)cc(-c7ccccc7)c65)c5ccccc45)cc3)cc21. The summed E-state index contributed by atoms with van der Waals surface area (Å²) in [6.07, 6.45) is 0. The predicted molar refractivity (Wildman–Crippen MR) is 265 cm³/mol. The fraction of sp³-hybridized carbons (Fsp3) is 0.0492. The zero-order valence-electron chi connectivity index (χ0n) is 35.2. The van der Waals surface area contributed by atoms with Gasteiger partial charge in [-0.1, -0.05) is 184 Å². The van der Waals surface area contributed by atoms with Crippen LogP contribution >= 0.6 is 0 Å². The molecule has 2 nitrogen and oxygen atoms in total. The highest BCUT2D eigenvalue weighted by Crippen LogP contribution is 2.51. The van der Waals surface area contributed by atoms with Crippen molar-refractivity contribution in [1.82, 2.24) is 0 Å². The van der Waals surface area contributed by atoms with Crippen molar-refractivity contribution in [3.05, 3.63) is 236 Å². The Morgan fingerprint density at radius 2 is 0.841 bits per heavy atom. The molecule has 1 aliphatic carbocycles. The normalized spacial score (nSPS) is 12.7. The van der Waals surface area contributed by atoms with E-state index >= 15 is 0 Å². The number of benzene rings is 10. The first-order valence-electron chi connectivity index (χ1n) is 21.8. The molecule has 0 spiro atoms. The van der Waals surface area contributed by atoms with Crippen LogP contribution in [0.1, 0.15) is 25.0 Å². The topological polar surface area (TPSA) is 16.4 Å². The van der Waals surface area contributed by atoms with E-state index in [1.165, 1.54) is 38.9 Å². The van der Waals surface area contributed by atoms with Gasteiger partial charge in [0.05, 0.1) is 0 Å². The summed E-state index contributed by atoms with van der Waals surface area (Å²) in [5.74, 6) is 0. The minimum Gasteiger partial charge on any atom is -0.455 e. The summed E-state index contributed by atoms with van der Waals surface area (Å²) in [6, 6.07) is 81.5. The van der Waals surface area contributed by atoms with E-state index in [9.17, 15) is 0 Å². The molecule has 1 aromatic heterocycles. The number of nitrogens with zero attached hydrogens (tertiary/aromatic N) is 1. The Hall–Kier alpha value is -7.94. The van der Waals surface area contributed by atoms with Crippen LogP contribution in [0, 0.1) is 0 Å². The molecule has 0 N–H and O–H groups in total. The lowest BCUT2D eigenvalue weighted by molar-refractivity contribution is 0.660. The van der Waals surface area contributed by atoms with Crippen LogP contribution in [0.25, 0.3) is 88.3 Å². The number of rotatable bonds is 7. The summed E-state index contributed by atoms with van der Waals surface area (Å²) >= 11 is 0. The second kappa shape index (κ2) is 14.6. The summed E-state index contributed by atoms with van der Waals surface area (Å²) in [7, 11) is 0. The number of anilines is 3. The quantitative estimate of drug-likeness (QED) is 0.160. The molecule has 10 aromatic carbocycles. The minimum atomic E-state index is -0.116. The van der Waals surface area contributed by atoms with Crippen molar-refractivity contribution in [2.24, 2.45) is 0 Å². The van der Waals surface area contributed by atoms with Gasteiger partial charge in [-0.05, 0) is 127 Å². The van der Waals surface area contributed by atoms with Gasteiger partial charge in [0.25, 0.3) is 0 Å². The molecule has 0 aliphatic heterocycles. The summed E-state index contributed by atoms with van der Waals surface area (Å²) in [5.41, 5.74) is 19.7. The zero-order valence-corrected chi connectivity index (χ0v) is 35.2. The number of fused-ring (bicyclic) bond motifs is 8. The van der Waals surface area contributed by atoms with Crippen LogP contribution in [-0.4, -0.2) is 0 Å². The van der Waals surface area contributed by atoms with Crippen molar-refractivity contribution < 1.29 is 4.42 Å². The van der Waals surface area contributed by atoms with Gasteiger partial charge in [0.1, 0.15) is 11.2 Å². The molecule has 63 heavy (non-hydrogen) atoms. The Kier molecular flexibility index (Phi) is 8.55. The Morgan fingerprint density at radius 1 is 0.333 bits per heavy atom. The van der Waals surface area contributed by atoms with Crippen LogP contribution in [0.5, 0.6) is 0 Å². The third-order valence-electron chi connectivity index (χ3n) is 13.3. The first kappa shape index (κ1) is 36.9. The standard InChI is InChI=1S/C61H43NO/c1-61(2)56-25-15-14-23-50(56)51-35-34-48(38-57(51)61)62(46-30-26-42(27-31-46)40-16-6-3-7-17-40)47-32-28-44(29-33-47)53-39-55-59-54(43-20-10-5-11-21-43)36-45(41-18-8-4-9-19-41)37-58(59)63-60(55)52-24-13-12-22-49(52)53/h3-39H,1-2H3. The third-order valence-corrected chi connectivity index (χ3v) is 13.3. The number of hydrogen-bond donors (Lipinski definition) is 0. The van der Waals surface area contributed by atoms with E-state index in [0.717, 1.165) is 77.6 Å².